The van der Waals surface area contributed by atoms with Gasteiger partial charge in [-0.2, -0.15) is 0 Å². The molecule has 3 atom stereocenters. The molecule has 0 spiro atoms. The van der Waals surface area contributed by atoms with Crippen LogP contribution in [0.15, 0.2) is 0 Å². The van der Waals surface area contributed by atoms with Gasteiger partial charge in [0, 0.05) is 31.6 Å². The molecule has 0 aromatic rings. The molecule has 2 aliphatic rings. The van der Waals surface area contributed by atoms with Gasteiger partial charge in [-0.3, -0.25) is 4.90 Å². The highest BCUT2D eigenvalue weighted by Crippen LogP contribution is 2.37. The van der Waals surface area contributed by atoms with Gasteiger partial charge in [0.05, 0.1) is 12.6 Å². The first kappa shape index (κ1) is 9.73. The van der Waals surface area contributed by atoms with Crippen molar-refractivity contribution in [3.05, 3.63) is 0 Å². The lowest BCUT2D eigenvalue weighted by Gasteiger charge is -2.48. The number of aliphatic hydroxyl groups excluding tert-OH is 1. The van der Waals surface area contributed by atoms with Crippen molar-refractivity contribution in [3.63, 3.8) is 0 Å². The zero-order valence-corrected chi connectivity index (χ0v) is 8.26. The molecule has 0 radical (unpaired) electrons. The van der Waals surface area contributed by atoms with Gasteiger partial charge in [0.15, 0.2) is 0 Å². The predicted octanol–water partition coefficient (Wildman–Crippen LogP) is -0.339. The van der Waals surface area contributed by atoms with Crippen molar-refractivity contribution in [2.24, 2.45) is 5.92 Å². The number of amides is 1. The summed E-state index contributed by atoms with van der Waals surface area (Å²) in [6, 6.07) is 0.301. The molecular formula is C9H16N2O3. The Labute approximate surface area is 82.9 Å². The number of likely N-dealkylation sites (tertiary alicyclic amines) is 2. The second kappa shape index (κ2) is 3.40. The van der Waals surface area contributed by atoms with E-state index in [1.807, 2.05) is 6.92 Å². The fourth-order valence-electron chi connectivity index (χ4n) is 2.71. The van der Waals surface area contributed by atoms with E-state index in [-0.39, 0.29) is 18.7 Å². The van der Waals surface area contributed by atoms with Crippen molar-refractivity contribution in [1.29, 1.82) is 0 Å². The molecule has 2 fully saturated rings. The average molecular weight is 200 g/mol. The van der Waals surface area contributed by atoms with Crippen LogP contribution in [0, 0.1) is 5.92 Å². The number of carbonyl (C=O) groups is 1. The first-order chi connectivity index (χ1) is 6.65. The maximum atomic E-state index is 10.9. The molecule has 0 aromatic carbocycles. The quantitative estimate of drug-likeness (QED) is 0.640. The van der Waals surface area contributed by atoms with Crippen molar-refractivity contribution >= 4 is 6.09 Å². The van der Waals surface area contributed by atoms with Crippen molar-refractivity contribution in [1.82, 2.24) is 9.80 Å². The van der Waals surface area contributed by atoms with E-state index in [9.17, 15) is 4.79 Å². The summed E-state index contributed by atoms with van der Waals surface area (Å²) >= 11 is 0. The molecule has 0 saturated carbocycles. The lowest BCUT2D eigenvalue weighted by Crippen LogP contribution is -2.63. The third kappa shape index (κ3) is 1.27. The second-order valence-corrected chi connectivity index (χ2v) is 4.14. The maximum absolute atomic E-state index is 10.9. The maximum Gasteiger partial charge on any atom is 0.407 e. The average Bonchev–Trinajstić information content (AvgIpc) is 2.44. The molecule has 5 heteroatoms. The topological polar surface area (TPSA) is 64.0 Å². The minimum atomic E-state index is -0.815. The Hall–Kier alpha value is -0.810. The first-order valence-electron chi connectivity index (χ1n) is 4.99. The van der Waals surface area contributed by atoms with E-state index in [1.165, 1.54) is 4.90 Å². The van der Waals surface area contributed by atoms with Crippen molar-refractivity contribution in [2.45, 2.75) is 19.0 Å². The summed E-state index contributed by atoms with van der Waals surface area (Å²) in [5, 5.41) is 17.7. The number of fused-ring (bicyclic) bond motifs is 1. The Morgan fingerprint density at radius 2 is 2.21 bits per heavy atom. The van der Waals surface area contributed by atoms with Gasteiger partial charge in [0.2, 0.25) is 0 Å². The predicted molar refractivity (Wildman–Crippen MR) is 50.1 cm³/mol. The number of nitrogens with zero attached hydrogens (tertiary/aromatic N) is 2. The highest BCUT2D eigenvalue weighted by Gasteiger charge is 2.53. The zero-order chi connectivity index (χ0) is 10.3. The molecule has 1 amide bonds. The number of aliphatic hydroxyl groups is 1. The summed E-state index contributed by atoms with van der Waals surface area (Å²) in [7, 11) is 0. The van der Waals surface area contributed by atoms with Gasteiger partial charge in [-0.25, -0.2) is 4.79 Å². The van der Waals surface area contributed by atoms with Gasteiger partial charge in [-0.1, -0.05) is 0 Å². The van der Waals surface area contributed by atoms with Crippen molar-refractivity contribution in [3.8, 4) is 0 Å². The molecule has 2 heterocycles. The Balaban J connectivity index is 1.96. The molecule has 5 nitrogen and oxygen atoms in total. The number of β-amino-alcohol motifs (C(OH)–C–C–N with tert-alkyl or cyclic N) is 1. The van der Waals surface area contributed by atoms with Gasteiger partial charge in [0.1, 0.15) is 0 Å². The third-order valence-electron chi connectivity index (χ3n) is 3.46. The molecule has 3 unspecified atom stereocenters. The first-order valence-corrected chi connectivity index (χ1v) is 4.99. The number of rotatable bonds is 2. The fourth-order valence-corrected chi connectivity index (χ4v) is 2.71. The molecular weight excluding hydrogens is 184 g/mol. The van der Waals surface area contributed by atoms with Gasteiger partial charge in [-0.05, 0) is 6.92 Å². The van der Waals surface area contributed by atoms with Crippen LogP contribution in [0.2, 0.25) is 0 Å². The van der Waals surface area contributed by atoms with Crippen LogP contribution in [0.3, 0.4) is 0 Å². The van der Waals surface area contributed by atoms with Crippen LogP contribution in [0.4, 0.5) is 4.79 Å². The van der Waals surface area contributed by atoms with Crippen LogP contribution in [-0.2, 0) is 0 Å². The number of carboxylic acid groups (broad SMARTS) is 1. The van der Waals surface area contributed by atoms with E-state index in [4.69, 9.17) is 10.2 Å². The van der Waals surface area contributed by atoms with Crippen LogP contribution in [0.1, 0.15) is 6.92 Å². The largest absolute Gasteiger partial charge is 0.465 e. The Morgan fingerprint density at radius 3 is 2.79 bits per heavy atom. The van der Waals surface area contributed by atoms with Crippen LogP contribution in [0.5, 0.6) is 0 Å². The summed E-state index contributed by atoms with van der Waals surface area (Å²) in [6.45, 7) is 4.48. The van der Waals surface area contributed by atoms with E-state index in [1.54, 1.807) is 0 Å². The summed E-state index contributed by atoms with van der Waals surface area (Å²) in [5.41, 5.74) is 0. The van der Waals surface area contributed by atoms with Crippen molar-refractivity contribution in [2.75, 3.05) is 26.2 Å². The van der Waals surface area contributed by atoms with Gasteiger partial charge >= 0.3 is 6.09 Å². The fraction of sp³-hybridized carbons (Fsp3) is 0.889. The molecule has 0 aliphatic carbocycles. The Morgan fingerprint density at radius 1 is 1.50 bits per heavy atom. The third-order valence-corrected chi connectivity index (χ3v) is 3.46. The summed E-state index contributed by atoms with van der Waals surface area (Å²) < 4.78 is 0. The smallest absolute Gasteiger partial charge is 0.407 e. The molecule has 80 valence electrons. The number of hydrogen-bond acceptors (Lipinski definition) is 3. The van der Waals surface area contributed by atoms with Gasteiger partial charge < -0.3 is 15.1 Å². The summed E-state index contributed by atoms with van der Waals surface area (Å²) in [4.78, 5) is 14.5. The lowest BCUT2D eigenvalue weighted by molar-refractivity contribution is 0.0000551. The molecule has 2 saturated heterocycles. The Bertz CT molecular complexity index is 246. The number of hydrogen-bond donors (Lipinski definition) is 2. The lowest BCUT2D eigenvalue weighted by atomic mass is 9.84. The van der Waals surface area contributed by atoms with Gasteiger partial charge in [0.25, 0.3) is 0 Å². The highest BCUT2D eigenvalue weighted by atomic mass is 16.4. The zero-order valence-electron chi connectivity index (χ0n) is 8.26. The molecule has 0 aromatic heterocycles. The minimum absolute atomic E-state index is 0.140. The molecule has 2 N–H and O–H groups in total. The summed E-state index contributed by atoms with van der Waals surface area (Å²) in [6.07, 6.45) is -0.815. The molecule has 14 heavy (non-hydrogen) atoms. The SMILES string of the molecule is CC1C2CN(CCO)CC2N1C(=O)O. The van der Waals surface area contributed by atoms with Crippen molar-refractivity contribution < 1.29 is 15.0 Å². The van der Waals surface area contributed by atoms with Gasteiger partial charge in [-0.15, -0.1) is 0 Å². The summed E-state index contributed by atoms with van der Waals surface area (Å²) in [5.74, 6) is 0.470. The molecule has 0 bridgehead atoms. The molecule has 2 rings (SSSR count). The molecule has 2 aliphatic heterocycles. The van der Waals surface area contributed by atoms with Crippen LogP contribution >= 0.6 is 0 Å². The minimum Gasteiger partial charge on any atom is -0.465 e. The van der Waals surface area contributed by atoms with E-state index >= 15 is 0 Å². The second-order valence-electron chi connectivity index (χ2n) is 4.14. The van der Waals surface area contributed by atoms with Crippen LogP contribution in [0.25, 0.3) is 0 Å². The standard InChI is InChI=1S/C9H16N2O3/c1-6-7-4-10(2-3-12)5-8(7)11(6)9(13)14/h6-8,12H,2-5H2,1H3,(H,13,14). The van der Waals surface area contributed by atoms with E-state index in [0.29, 0.717) is 12.5 Å². The van der Waals surface area contributed by atoms with Crippen LogP contribution < -0.4 is 0 Å². The van der Waals surface area contributed by atoms with E-state index < -0.39 is 6.09 Å². The van der Waals surface area contributed by atoms with E-state index in [0.717, 1.165) is 13.1 Å². The monoisotopic (exact) mass is 200 g/mol. The Kier molecular flexibility index (Phi) is 2.36. The highest BCUT2D eigenvalue weighted by molar-refractivity contribution is 5.67. The van der Waals surface area contributed by atoms with Crippen LogP contribution in [-0.4, -0.2) is 64.4 Å². The normalized spacial score (nSPS) is 36.7. The van der Waals surface area contributed by atoms with E-state index in [2.05, 4.69) is 4.90 Å².